The van der Waals surface area contributed by atoms with E-state index in [9.17, 15) is 18.8 Å². The summed E-state index contributed by atoms with van der Waals surface area (Å²) in [6.07, 6.45) is 0.597. The first-order valence-electron chi connectivity index (χ1n) is 9.38. The van der Waals surface area contributed by atoms with Crippen LogP contribution in [0.1, 0.15) is 59.8 Å². The number of rotatable bonds is 6. The number of amides is 1. The van der Waals surface area contributed by atoms with Crippen LogP contribution in [0.4, 0.5) is 21.5 Å². The van der Waals surface area contributed by atoms with Gasteiger partial charge in [0.05, 0.1) is 23.3 Å². The molecule has 0 radical (unpaired) electrons. The van der Waals surface area contributed by atoms with Gasteiger partial charge in [0.2, 0.25) is 0 Å². The Labute approximate surface area is 165 Å². The number of halogens is 1. The Morgan fingerprint density at radius 2 is 1.83 bits per heavy atom. The summed E-state index contributed by atoms with van der Waals surface area (Å²) in [6.45, 7) is 5.50. The molecule has 0 saturated heterocycles. The standard InChI is InChI=1S/C21H20FN3O4/c1-4-13(14-8-5-9(2)29-14)24-17-18(20(27)19(17)26)25-16-12(22)7-6-11-10(3)23-21(28)15(11)16/h5-8,10,13,24-25H,4H2,1-3H3,(H,23,28)/t10?,13-/m1/s1. The van der Waals surface area contributed by atoms with Crippen LogP contribution in [0.5, 0.6) is 0 Å². The molecule has 1 amide bonds. The van der Waals surface area contributed by atoms with Crippen molar-refractivity contribution in [2.45, 2.75) is 39.3 Å². The topological polar surface area (TPSA) is 100 Å². The van der Waals surface area contributed by atoms with E-state index < -0.39 is 22.6 Å². The molecule has 2 atom stereocenters. The van der Waals surface area contributed by atoms with Gasteiger partial charge in [-0.3, -0.25) is 14.4 Å². The largest absolute Gasteiger partial charge is 0.464 e. The highest BCUT2D eigenvalue weighted by molar-refractivity contribution is 6.05. The average molecular weight is 397 g/mol. The Morgan fingerprint density at radius 3 is 2.48 bits per heavy atom. The maximum atomic E-state index is 14.5. The number of fused-ring (bicyclic) bond motifs is 1. The van der Waals surface area contributed by atoms with Gasteiger partial charge in [-0.2, -0.15) is 0 Å². The molecule has 0 aliphatic carbocycles. The number of carbonyl (C=O) groups is 1. The molecule has 1 unspecified atom stereocenters. The van der Waals surface area contributed by atoms with Gasteiger partial charge < -0.3 is 20.4 Å². The van der Waals surface area contributed by atoms with E-state index in [1.807, 2.05) is 19.9 Å². The molecule has 0 spiro atoms. The van der Waals surface area contributed by atoms with Crippen LogP contribution in [-0.2, 0) is 0 Å². The van der Waals surface area contributed by atoms with Crippen molar-refractivity contribution in [3.05, 3.63) is 73.2 Å². The van der Waals surface area contributed by atoms with Gasteiger partial charge in [0.25, 0.3) is 16.8 Å². The molecule has 2 aromatic carbocycles. The number of hydrogen-bond acceptors (Lipinski definition) is 6. The molecule has 2 heterocycles. The van der Waals surface area contributed by atoms with E-state index in [1.165, 1.54) is 12.1 Å². The van der Waals surface area contributed by atoms with Gasteiger partial charge in [-0.05, 0) is 44.0 Å². The lowest BCUT2D eigenvalue weighted by Gasteiger charge is -2.21. The van der Waals surface area contributed by atoms with Crippen LogP contribution < -0.4 is 26.8 Å². The number of carbonyl (C=O) groups excluding carboxylic acids is 1. The van der Waals surface area contributed by atoms with Crippen molar-refractivity contribution in [2.75, 3.05) is 10.6 Å². The van der Waals surface area contributed by atoms with Crippen LogP contribution in [0.25, 0.3) is 0 Å². The summed E-state index contributed by atoms with van der Waals surface area (Å²) in [5.41, 5.74) is -0.798. The van der Waals surface area contributed by atoms with E-state index in [-0.39, 0.29) is 34.7 Å². The van der Waals surface area contributed by atoms with Crippen LogP contribution in [0.2, 0.25) is 0 Å². The Morgan fingerprint density at radius 1 is 1.10 bits per heavy atom. The summed E-state index contributed by atoms with van der Waals surface area (Å²) in [7, 11) is 0. The van der Waals surface area contributed by atoms with E-state index in [0.717, 1.165) is 5.76 Å². The number of benzene rings is 1. The van der Waals surface area contributed by atoms with Crippen molar-refractivity contribution < 1.29 is 13.6 Å². The van der Waals surface area contributed by atoms with Gasteiger partial charge in [0, 0.05) is 0 Å². The molecule has 3 aromatic rings. The van der Waals surface area contributed by atoms with Crippen LogP contribution in [-0.4, -0.2) is 5.91 Å². The second-order valence-electron chi connectivity index (χ2n) is 7.17. The minimum Gasteiger partial charge on any atom is -0.464 e. The van der Waals surface area contributed by atoms with E-state index in [2.05, 4.69) is 16.0 Å². The molecule has 150 valence electrons. The first-order valence-corrected chi connectivity index (χ1v) is 9.38. The van der Waals surface area contributed by atoms with E-state index >= 15 is 0 Å². The van der Waals surface area contributed by atoms with Crippen molar-refractivity contribution in [1.82, 2.24) is 5.32 Å². The molecule has 1 aliphatic rings. The predicted octanol–water partition coefficient (Wildman–Crippen LogP) is 3.43. The summed E-state index contributed by atoms with van der Waals surface area (Å²) in [5.74, 6) is 0.246. The van der Waals surface area contributed by atoms with Crippen LogP contribution >= 0.6 is 0 Å². The normalized spacial score (nSPS) is 16.6. The lowest BCUT2D eigenvalue weighted by molar-refractivity contribution is 0.0959. The first kappa shape index (κ1) is 18.9. The van der Waals surface area contributed by atoms with Crippen molar-refractivity contribution in [3.8, 4) is 0 Å². The monoisotopic (exact) mass is 397 g/mol. The number of aryl methyl sites for hydroxylation is 1. The Bertz CT molecular complexity index is 1190. The quantitative estimate of drug-likeness (QED) is 0.551. The zero-order chi connectivity index (χ0) is 20.9. The summed E-state index contributed by atoms with van der Waals surface area (Å²) < 4.78 is 20.1. The van der Waals surface area contributed by atoms with Crippen LogP contribution in [0.3, 0.4) is 0 Å². The van der Waals surface area contributed by atoms with E-state index in [0.29, 0.717) is 17.7 Å². The third-order valence-corrected chi connectivity index (χ3v) is 5.22. The molecular weight excluding hydrogens is 377 g/mol. The fraction of sp³-hybridized carbons (Fsp3) is 0.286. The Balaban J connectivity index is 1.69. The van der Waals surface area contributed by atoms with Gasteiger partial charge in [-0.15, -0.1) is 0 Å². The number of anilines is 3. The van der Waals surface area contributed by atoms with Crippen molar-refractivity contribution >= 4 is 23.0 Å². The smallest absolute Gasteiger partial charge is 0.254 e. The van der Waals surface area contributed by atoms with Crippen molar-refractivity contribution in [3.63, 3.8) is 0 Å². The van der Waals surface area contributed by atoms with Crippen molar-refractivity contribution in [1.29, 1.82) is 0 Å². The van der Waals surface area contributed by atoms with Gasteiger partial charge in [0.15, 0.2) is 0 Å². The molecule has 0 bridgehead atoms. The molecule has 7 nitrogen and oxygen atoms in total. The fourth-order valence-corrected chi connectivity index (χ4v) is 3.63. The number of nitrogens with one attached hydrogen (secondary N) is 3. The predicted molar refractivity (Wildman–Crippen MR) is 107 cm³/mol. The highest BCUT2D eigenvalue weighted by atomic mass is 19.1. The summed E-state index contributed by atoms with van der Waals surface area (Å²) in [5, 5.41) is 8.43. The number of hydrogen-bond donors (Lipinski definition) is 3. The fourth-order valence-electron chi connectivity index (χ4n) is 3.63. The molecule has 29 heavy (non-hydrogen) atoms. The summed E-state index contributed by atoms with van der Waals surface area (Å²) >= 11 is 0. The minimum atomic E-state index is -0.763. The summed E-state index contributed by atoms with van der Waals surface area (Å²) in [4.78, 5) is 36.6. The summed E-state index contributed by atoms with van der Waals surface area (Å²) in [6, 6.07) is 5.77. The lowest BCUT2D eigenvalue weighted by Crippen LogP contribution is -2.37. The Kier molecular flexibility index (Phi) is 4.49. The SMILES string of the molecule is CC[C@@H](Nc1c(Nc2c(F)ccc3c2C(=O)NC3C)c(=O)c1=O)c1ccc(C)o1. The zero-order valence-corrected chi connectivity index (χ0v) is 16.2. The minimum absolute atomic E-state index is 0.0550. The molecule has 8 heteroatoms. The molecular formula is C21H20FN3O4. The van der Waals surface area contributed by atoms with Crippen LogP contribution in [0.15, 0.2) is 38.3 Å². The molecule has 1 aromatic heterocycles. The third-order valence-electron chi connectivity index (χ3n) is 5.22. The van der Waals surface area contributed by atoms with Gasteiger partial charge in [0.1, 0.15) is 28.7 Å². The average Bonchev–Trinajstić information content (AvgIpc) is 3.25. The maximum absolute atomic E-state index is 14.5. The van der Waals surface area contributed by atoms with E-state index in [4.69, 9.17) is 4.42 Å². The maximum Gasteiger partial charge on any atom is 0.254 e. The molecule has 4 rings (SSSR count). The molecule has 0 saturated carbocycles. The second-order valence-corrected chi connectivity index (χ2v) is 7.17. The Hall–Kier alpha value is -3.42. The zero-order valence-electron chi connectivity index (χ0n) is 16.2. The molecule has 0 fully saturated rings. The first-order chi connectivity index (χ1) is 13.8. The van der Waals surface area contributed by atoms with Gasteiger partial charge in [-0.1, -0.05) is 13.0 Å². The lowest BCUT2D eigenvalue weighted by atomic mass is 10.0. The highest BCUT2D eigenvalue weighted by Crippen LogP contribution is 2.35. The van der Waals surface area contributed by atoms with Gasteiger partial charge >= 0.3 is 0 Å². The third kappa shape index (κ3) is 3.00. The van der Waals surface area contributed by atoms with Crippen LogP contribution in [0, 0.1) is 12.7 Å². The molecule has 3 N–H and O–H groups in total. The molecule has 1 aliphatic heterocycles. The van der Waals surface area contributed by atoms with Crippen molar-refractivity contribution in [2.24, 2.45) is 0 Å². The van der Waals surface area contributed by atoms with Gasteiger partial charge in [-0.25, -0.2) is 4.39 Å². The van der Waals surface area contributed by atoms with E-state index in [1.54, 1.807) is 13.0 Å². The number of furan rings is 1. The second kappa shape index (κ2) is 6.88. The highest BCUT2D eigenvalue weighted by Gasteiger charge is 2.32.